The molecule has 0 saturated carbocycles. The molecular weight excluding hydrogens is 312 g/mol. The molecule has 0 amide bonds. The van der Waals surface area contributed by atoms with E-state index in [1.165, 1.54) is 11.8 Å². The molecule has 1 aromatic carbocycles. The van der Waals surface area contributed by atoms with Crippen molar-refractivity contribution in [3.8, 4) is 5.69 Å². The molecule has 1 saturated heterocycles. The molecule has 0 spiro atoms. The zero-order valence-corrected chi connectivity index (χ0v) is 14.1. The Kier molecular flexibility index (Phi) is 4.79. The van der Waals surface area contributed by atoms with Crippen LogP contribution in [0.5, 0.6) is 0 Å². The zero-order chi connectivity index (χ0) is 16.3. The topological polar surface area (TPSA) is 58.4 Å². The van der Waals surface area contributed by atoms with Crippen molar-refractivity contribution < 1.29 is 8.42 Å². The molecule has 3 rings (SSSR count). The van der Waals surface area contributed by atoms with Gasteiger partial charge in [0.25, 0.3) is 0 Å². The maximum Gasteiger partial charge on any atom is 0.211 e. The van der Waals surface area contributed by atoms with Gasteiger partial charge in [0.1, 0.15) is 0 Å². The van der Waals surface area contributed by atoms with Crippen molar-refractivity contribution in [1.29, 1.82) is 0 Å². The summed E-state index contributed by atoms with van der Waals surface area (Å²) in [6.07, 6.45) is 5.85. The van der Waals surface area contributed by atoms with E-state index in [4.69, 9.17) is 0 Å². The summed E-state index contributed by atoms with van der Waals surface area (Å²) in [6.45, 7) is 3.68. The predicted octanol–water partition coefficient (Wildman–Crippen LogP) is 1.34. The van der Waals surface area contributed by atoms with Crippen LogP contribution < -0.4 is 0 Å². The summed E-state index contributed by atoms with van der Waals surface area (Å²) < 4.78 is 26.8. The summed E-state index contributed by atoms with van der Waals surface area (Å²) in [5, 5.41) is 4.26. The molecule has 0 radical (unpaired) electrons. The quantitative estimate of drug-likeness (QED) is 0.847. The van der Waals surface area contributed by atoms with E-state index in [0.29, 0.717) is 13.1 Å². The summed E-state index contributed by atoms with van der Waals surface area (Å²) in [5.41, 5.74) is 2.26. The number of hydrogen-bond acceptors (Lipinski definition) is 4. The van der Waals surface area contributed by atoms with Gasteiger partial charge >= 0.3 is 0 Å². The standard InChI is InChI=1S/C16H22N4O2S/c1-23(21,22)19-9-4-8-18(11-12-19)14-15-5-2-6-16(13-15)20-10-3-7-17-20/h2-3,5-7,10,13H,4,8-9,11-12,14H2,1H3. The maximum atomic E-state index is 11.7. The van der Waals surface area contributed by atoms with E-state index in [9.17, 15) is 8.42 Å². The number of aromatic nitrogens is 2. The normalized spacial score (nSPS) is 18.0. The maximum absolute atomic E-state index is 11.7. The van der Waals surface area contributed by atoms with E-state index >= 15 is 0 Å². The van der Waals surface area contributed by atoms with Gasteiger partial charge in [-0.05, 0) is 36.7 Å². The highest BCUT2D eigenvalue weighted by atomic mass is 32.2. The Morgan fingerprint density at radius 1 is 1.13 bits per heavy atom. The van der Waals surface area contributed by atoms with Gasteiger partial charge in [0, 0.05) is 38.6 Å². The first-order valence-electron chi connectivity index (χ1n) is 7.79. The summed E-state index contributed by atoms with van der Waals surface area (Å²) in [5.74, 6) is 0. The van der Waals surface area contributed by atoms with Crippen LogP contribution in [0.2, 0.25) is 0 Å². The molecule has 1 aromatic heterocycles. The van der Waals surface area contributed by atoms with Gasteiger partial charge in [0.2, 0.25) is 10.0 Å². The molecule has 2 heterocycles. The minimum atomic E-state index is -3.09. The Morgan fingerprint density at radius 3 is 2.74 bits per heavy atom. The fraction of sp³-hybridized carbons (Fsp3) is 0.438. The molecule has 124 valence electrons. The van der Waals surface area contributed by atoms with Crippen molar-refractivity contribution in [3.63, 3.8) is 0 Å². The lowest BCUT2D eigenvalue weighted by atomic mass is 10.2. The number of hydrogen-bond donors (Lipinski definition) is 0. The van der Waals surface area contributed by atoms with Gasteiger partial charge in [-0.2, -0.15) is 5.10 Å². The Labute approximate surface area is 137 Å². The van der Waals surface area contributed by atoms with Gasteiger partial charge in [-0.3, -0.25) is 4.90 Å². The SMILES string of the molecule is CS(=O)(=O)N1CCCN(Cc2cccc(-n3cccn3)c2)CC1. The van der Waals surface area contributed by atoms with E-state index in [1.54, 1.807) is 10.5 Å². The van der Waals surface area contributed by atoms with E-state index in [2.05, 4.69) is 22.1 Å². The van der Waals surface area contributed by atoms with Gasteiger partial charge in [-0.1, -0.05) is 12.1 Å². The highest BCUT2D eigenvalue weighted by molar-refractivity contribution is 7.88. The molecule has 0 atom stereocenters. The molecule has 1 fully saturated rings. The van der Waals surface area contributed by atoms with Gasteiger partial charge in [-0.15, -0.1) is 0 Å². The van der Waals surface area contributed by atoms with Crippen molar-refractivity contribution in [2.45, 2.75) is 13.0 Å². The molecule has 6 nitrogen and oxygen atoms in total. The predicted molar refractivity (Wildman–Crippen MR) is 89.9 cm³/mol. The number of sulfonamides is 1. The fourth-order valence-corrected chi connectivity index (χ4v) is 3.79. The van der Waals surface area contributed by atoms with E-state index in [1.807, 2.05) is 29.1 Å². The van der Waals surface area contributed by atoms with Gasteiger partial charge in [0.05, 0.1) is 11.9 Å². The van der Waals surface area contributed by atoms with Crippen LogP contribution in [-0.4, -0.2) is 59.8 Å². The summed E-state index contributed by atoms with van der Waals surface area (Å²) in [4.78, 5) is 2.31. The number of benzene rings is 1. The third-order valence-corrected chi connectivity index (χ3v) is 5.41. The minimum absolute atomic E-state index is 0.567. The Morgan fingerprint density at radius 2 is 2.00 bits per heavy atom. The van der Waals surface area contributed by atoms with Gasteiger partial charge in [0.15, 0.2) is 0 Å². The first-order chi connectivity index (χ1) is 11.0. The molecule has 0 bridgehead atoms. The monoisotopic (exact) mass is 334 g/mol. The van der Waals surface area contributed by atoms with Crippen molar-refractivity contribution in [2.24, 2.45) is 0 Å². The smallest absolute Gasteiger partial charge is 0.211 e. The lowest BCUT2D eigenvalue weighted by Gasteiger charge is -2.21. The second kappa shape index (κ2) is 6.82. The van der Waals surface area contributed by atoms with Crippen molar-refractivity contribution in [3.05, 3.63) is 48.3 Å². The molecule has 0 N–H and O–H groups in total. The van der Waals surface area contributed by atoms with Gasteiger partial charge in [-0.25, -0.2) is 17.4 Å². The van der Waals surface area contributed by atoms with Crippen LogP contribution in [0.3, 0.4) is 0 Å². The average molecular weight is 334 g/mol. The van der Waals surface area contributed by atoms with E-state index in [-0.39, 0.29) is 0 Å². The molecule has 1 aliphatic rings. The van der Waals surface area contributed by atoms with Crippen LogP contribution in [0.1, 0.15) is 12.0 Å². The highest BCUT2D eigenvalue weighted by Gasteiger charge is 2.21. The molecule has 7 heteroatoms. The summed E-state index contributed by atoms with van der Waals surface area (Å²) in [6, 6.07) is 10.2. The van der Waals surface area contributed by atoms with Crippen LogP contribution >= 0.6 is 0 Å². The van der Waals surface area contributed by atoms with E-state index in [0.717, 1.165) is 31.7 Å². The lowest BCUT2D eigenvalue weighted by Crippen LogP contribution is -2.34. The second-order valence-electron chi connectivity index (χ2n) is 5.91. The number of rotatable bonds is 4. The first kappa shape index (κ1) is 16.2. The van der Waals surface area contributed by atoms with Crippen LogP contribution in [0.15, 0.2) is 42.7 Å². The molecular formula is C16H22N4O2S. The molecule has 2 aromatic rings. The fourth-order valence-electron chi connectivity index (χ4n) is 2.91. The second-order valence-corrected chi connectivity index (χ2v) is 7.89. The van der Waals surface area contributed by atoms with Crippen molar-refractivity contribution >= 4 is 10.0 Å². The summed E-state index contributed by atoms with van der Waals surface area (Å²) in [7, 11) is -3.09. The molecule has 1 aliphatic heterocycles. The molecule has 0 aliphatic carbocycles. The number of nitrogens with zero attached hydrogens (tertiary/aromatic N) is 4. The average Bonchev–Trinajstić information content (AvgIpc) is 2.94. The highest BCUT2D eigenvalue weighted by Crippen LogP contribution is 2.14. The lowest BCUT2D eigenvalue weighted by molar-refractivity contribution is 0.279. The van der Waals surface area contributed by atoms with Crippen molar-refractivity contribution in [1.82, 2.24) is 19.0 Å². The Bertz CT molecular complexity index is 743. The van der Waals surface area contributed by atoms with Crippen LogP contribution in [-0.2, 0) is 16.6 Å². The van der Waals surface area contributed by atoms with Crippen LogP contribution in [0.25, 0.3) is 5.69 Å². The third-order valence-electron chi connectivity index (χ3n) is 4.10. The Balaban J connectivity index is 1.67. The van der Waals surface area contributed by atoms with Crippen molar-refractivity contribution in [2.75, 3.05) is 32.4 Å². The largest absolute Gasteiger partial charge is 0.298 e. The first-order valence-corrected chi connectivity index (χ1v) is 9.64. The van der Waals surface area contributed by atoms with Crippen LogP contribution in [0.4, 0.5) is 0 Å². The Hall–Kier alpha value is -1.70. The molecule has 23 heavy (non-hydrogen) atoms. The summed E-state index contributed by atoms with van der Waals surface area (Å²) >= 11 is 0. The third kappa shape index (κ3) is 4.19. The minimum Gasteiger partial charge on any atom is -0.298 e. The zero-order valence-electron chi connectivity index (χ0n) is 13.3. The van der Waals surface area contributed by atoms with Gasteiger partial charge < -0.3 is 0 Å². The van der Waals surface area contributed by atoms with E-state index < -0.39 is 10.0 Å². The molecule has 0 unspecified atom stereocenters. The van der Waals surface area contributed by atoms with Crippen LogP contribution in [0, 0.1) is 0 Å².